The third-order valence-electron chi connectivity index (χ3n) is 23.4. The van der Waals surface area contributed by atoms with Gasteiger partial charge in [-0.1, -0.05) is 273 Å². The van der Waals surface area contributed by atoms with Gasteiger partial charge in [-0.15, -0.1) is 11.3 Å². The molecule has 7 nitrogen and oxygen atoms in total. The molecule has 0 atom stereocenters. The molecule has 0 spiro atoms. The highest BCUT2D eigenvalue weighted by Crippen LogP contribution is 2.48. The van der Waals surface area contributed by atoms with Crippen LogP contribution in [-0.2, 0) is 0 Å². The van der Waals surface area contributed by atoms with E-state index in [9.17, 15) is 0 Å². The van der Waals surface area contributed by atoms with E-state index in [1.54, 1.807) is 0 Å². The third-order valence-corrected chi connectivity index (χ3v) is 24.6. The lowest BCUT2D eigenvalue weighted by Gasteiger charge is -2.12. The number of hydrogen-bond acceptors (Lipinski definition) is 2. The molecule has 0 saturated carbocycles. The highest BCUT2D eigenvalue weighted by molar-refractivity contribution is 7.26. The van der Waals surface area contributed by atoms with E-state index in [1.807, 2.05) is 23.5 Å². The minimum absolute atomic E-state index is 0.937. The highest BCUT2D eigenvalue weighted by Gasteiger charge is 2.25. The van der Waals surface area contributed by atoms with Crippen LogP contribution in [0, 0.1) is 0 Å². The lowest BCUT2D eigenvalue weighted by molar-refractivity contribution is 0.673. The van der Waals surface area contributed by atoms with Gasteiger partial charge in [0.05, 0.1) is 71.6 Å². The molecular weight excluding hydrogens is 1430 g/mol. The topological polar surface area (TPSA) is 42.7 Å². The molecule has 116 heavy (non-hydrogen) atoms. The molecule has 0 fully saturated rings. The van der Waals surface area contributed by atoms with Crippen molar-refractivity contribution >= 4 is 184 Å². The molecule has 18 aromatic carbocycles. The van der Waals surface area contributed by atoms with Crippen LogP contribution in [0.1, 0.15) is 0 Å². The molecule has 0 bridgehead atoms. The standard InChI is InChI=1S/2C30H20N2.C24H15NO.C24H15NS/c1-3-11-21(12-4-1)31-27-17-9-7-15-23(27)25-19-20-26-24-16-8-10-18-28(24)32(30(26)29(25)31)22-13-5-2-6-14-22;1-3-11-21(12-4-1)31-25-17-9-7-15-23(25)29-27(31)19-20-28-30(29)24-16-8-10-18-26(24)32(28)22-13-5-2-6-14-22;2*1-2-8-16(9-3-1)25-20-12-6-4-11-19(20)23-21(25)15-14-18-17-10-5-7-13-22(17)26-24(18)23/h2*1-20H;2*1-15H. The Bertz CT molecular complexity index is 7820. The van der Waals surface area contributed by atoms with Crippen molar-refractivity contribution in [3.05, 3.63) is 425 Å². The molecule has 544 valence electrons. The fourth-order valence-electron chi connectivity index (χ4n) is 18.6. The summed E-state index contributed by atoms with van der Waals surface area (Å²) in [4.78, 5) is 0. The van der Waals surface area contributed by atoms with Gasteiger partial charge in [-0.3, -0.25) is 0 Å². The van der Waals surface area contributed by atoms with Crippen molar-refractivity contribution in [1.29, 1.82) is 0 Å². The van der Waals surface area contributed by atoms with Gasteiger partial charge in [0, 0.05) is 124 Å². The fourth-order valence-corrected chi connectivity index (χ4v) is 19.9. The first-order valence-electron chi connectivity index (χ1n) is 39.6. The summed E-state index contributed by atoms with van der Waals surface area (Å²) in [5.74, 6) is 0. The summed E-state index contributed by atoms with van der Waals surface area (Å²) in [7, 11) is 0. The molecule has 8 heteroatoms. The molecule has 8 heterocycles. The summed E-state index contributed by atoms with van der Waals surface area (Å²) in [5.41, 5.74) is 23.8. The quantitative estimate of drug-likeness (QED) is 0.164. The lowest BCUT2D eigenvalue weighted by atomic mass is 10.1. The molecule has 26 aromatic rings. The van der Waals surface area contributed by atoms with Gasteiger partial charge in [0.2, 0.25) is 0 Å². The molecule has 0 aliphatic rings. The van der Waals surface area contributed by atoms with Crippen LogP contribution in [0.3, 0.4) is 0 Å². The maximum Gasteiger partial charge on any atom is 0.145 e. The number of furan rings is 1. The van der Waals surface area contributed by atoms with E-state index in [0.29, 0.717) is 0 Å². The molecule has 0 radical (unpaired) electrons. The molecular formula is C108H70N6OS. The Hall–Kier alpha value is -15.2. The van der Waals surface area contributed by atoms with E-state index in [4.69, 9.17) is 4.42 Å². The molecule has 0 N–H and O–H groups in total. The van der Waals surface area contributed by atoms with Crippen molar-refractivity contribution in [2.75, 3.05) is 0 Å². The van der Waals surface area contributed by atoms with Crippen LogP contribution < -0.4 is 0 Å². The smallest absolute Gasteiger partial charge is 0.145 e. The Morgan fingerprint density at radius 1 is 0.164 bits per heavy atom. The van der Waals surface area contributed by atoms with Gasteiger partial charge in [0.1, 0.15) is 11.2 Å². The van der Waals surface area contributed by atoms with Gasteiger partial charge < -0.3 is 31.8 Å². The monoisotopic (exact) mass is 1500 g/mol. The largest absolute Gasteiger partial charge is 0.455 e. The van der Waals surface area contributed by atoms with E-state index in [0.717, 1.165) is 16.9 Å². The minimum atomic E-state index is 0.937. The maximum absolute atomic E-state index is 6.31. The molecule has 0 unspecified atom stereocenters. The number of thiophene rings is 1. The van der Waals surface area contributed by atoms with Crippen molar-refractivity contribution in [2.24, 2.45) is 0 Å². The van der Waals surface area contributed by atoms with Gasteiger partial charge in [0.15, 0.2) is 0 Å². The molecule has 0 aliphatic heterocycles. The summed E-state index contributed by atoms with van der Waals surface area (Å²) < 4.78 is 23.4. The Morgan fingerprint density at radius 3 is 0.836 bits per heavy atom. The Morgan fingerprint density at radius 2 is 0.431 bits per heavy atom. The predicted octanol–water partition coefficient (Wildman–Crippen LogP) is 29.6. The van der Waals surface area contributed by atoms with E-state index < -0.39 is 0 Å². The average Bonchev–Trinajstić information content (AvgIpc) is 1.30. The van der Waals surface area contributed by atoms with Crippen LogP contribution in [0.25, 0.3) is 207 Å². The van der Waals surface area contributed by atoms with Crippen LogP contribution >= 0.6 is 11.3 Å². The van der Waals surface area contributed by atoms with E-state index in [1.165, 1.54) is 190 Å². The van der Waals surface area contributed by atoms with Gasteiger partial charge in [-0.25, -0.2) is 0 Å². The Labute approximate surface area is 670 Å². The molecule has 8 aromatic heterocycles. The number of aromatic nitrogens is 6. The first-order valence-corrected chi connectivity index (χ1v) is 40.4. The van der Waals surface area contributed by atoms with Crippen LogP contribution in [-0.4, -0.2) is 27.4 Å². The van der Waals surface area contributed by atoms with Crippen LogP contribution in [0.15, 0.2) is 429 Å². The summed E-state index contributed by atoms with van der Waals surface area (Å²) in [6.45, 7) is 0. The van der Waals surface area contributed by atoms with Crippen molar-refractivity contribution < 1.29 is 4.42 Å². The van der Waals surface area contributed by atoms with Gasteiger partial charge >= 0.3 is 0 Å². The zero-order valence-electron chi connectivity index (χ0n) is 62.9. The zero-order valence-corrected chi connectivity index (χ0v) is 63.7. The average molecular weight is 1500 g/mol. The number of benzene rings is 18. The number of hydrogen-bond donors (Lipinski definition) is 0. The maximum atomic E-state index is 6.31. The molecule has 0 amide bonds. The number of para-hydroxylation sites is 13. The second-order valence-electron chi connectivity index (χ2n) is 29.7. The lowest BCUT2D eigenvalue weighted by Crippen LogP contribution is -1.98. The summed E-state index contributed by atoms with van der Waals surface area (Å²) >= 11 is 1.90. The second kappa shape index (κ2) is 27.3. The fraction of sp³-hybridized carbons (Fsp3) is 0. The second-order valence-corrected chi connectivity index (χ2v) is 30.8. The molecule has 0 aliphatic carbocycles. The first-order chi connectivity index (χ1) is 57.7. The van der Waals surface area contributed by atoms with Gasteiger partial charge in [0.25, 0.3) is 0 Å². The number of nitrogens with zero attached hydrogens (tertiary/aromatic N) is 6. The zero-order chi connectivity index (χ0) is 76.3. The Kier molecular flexibility index (Phi) is 15.7. The van der Waals surface area contributed by atoms with Crippen LogP contribution in [0.4, 0.5) is 0 Å². The molecule has 26 rings (SSSR count). The number of rotatable bonds is 6. The minimum Gasteiger partial charge on any atom is -0.455 e. The predicted molar refractivity (Wildman–Crippen MR) is 492 cm³/mol. The molecule has 0 saturated heterocycles. The van der Waals surface area contributed by atoms with E-state index in [-0.39, 0.29) is 0 Å². The van der Waals surface area contributed by atoms with Gasteiger partial charge in [-0.05, 0) is 152 Å². The van der Waals surface area contributed by atoms with Crippen molar-refractivity contribution in [3.63, 3.8) is 0 Å². The van der Waals surface area contributed by atoms with Crippen LogP contribution in [0.2, 0.25) is 0 Å². The van der Waals surface area contributed by atoms with Crippen molar-refractivity contribution in [1.82, 2.24) is 27.4 Å². The third kappa shape index (κ3) is 10.4. The summed E-state index contributed by atoms with van der Waals surface area (Å²) in [6, 6.07) is 151. The SMILES string of the molecule is c1ccc(-n2c3ccccc3c3c4c5ccccc5n(-c5ccccc5)c4ccc32)cc1.c1ccc(-n2c3ccccc3c3c4oc5ccccc5c4ccc32)cc1.c1ccc(-n2c3ccccc3c3c4sc5ccccc5c4ccc32)cc1.c1ccc(-n2c3ccccc3c3ccc4c5ccccc5n(-c5ccccc5)c4c32)cc1. The number of fused-ring (bicyclic) bond motifs is 28. The first kappa shape index (κ1) is 66.6. The summed E-state index contributed by atoms with van der Waals surface area (Å²) in [5, 5.41) is 20.4. The normalized spacial score (nSPS) is 11.8. The highest BCUT2D eigenvalue weighted by atomic mass is 32.1. The van der Waals surface area contributed by atoms with E-state index in [2.05, 4.69) is 440 Å². The van der Waals surface area contributed by atoms with Crippen molar-refractivity contribution in [2.45, 2.75) is 0 Å². The van der Waals surface area contributed by atoms with Crippen LogP contribution in [0.5, 0.6) is 0 Å². The van der Waals surface area contributed by atoms with E-state index >= 15 is 0 Å². The summed E-state index contributed by atoms with van der Waals surface area (Å²) in [6.07, 6.45) is 0. The Balaban J connectivity index is 0.0000000916. The van der Waals surface area contributed by atoms with Crippen molar-refractivity contribution in [3.8, 4) is 34.1 Å². The van der Waals surface area contributed by atoms with Gasteiger partial charge in [-0.2, -0.15) is 0 Å².